The minimum Gasteiger partial charge on any atom is -0.320 e. The molecule has 0 spiro atoms. The van der Waals surface area contributed by atoms with Crippen molar-refractivity contribution in [2.75, 3.05) is 0 Å². The minimum atomic E-state index is -0.602. The Hall–Kier alpha value is -1.26. The molecule has 1 aromatic heterocycles. The van der Waals surface area contributed by atoms with E-state index in [0.717, 1.165) is 28.0 Å². The van der Waals surface area contributed by atoms with Gasteiger partial charge in [-0.05, 0) is 37.3 Å². The van der Waals surface area contributed by atoms with E-state index in [1.54, 1.807) is 0 Å². The molecule has 0 saturated heterocycles. The van der Waals surface area contributed by atoms with Gasteiger partial charge in [-0.3, -0.25) is 0 Å². The number of hydrogen-bond acceptors (Lipinski definition) is 2. The lowest BCUT2D eigenvalue weighted by Crippen LogP contribution is -2.12. The molecule has 0 aliphatic heterocycles. The normalized spacial score (nSPS) is 12.8. The molecule has 1 unspecified atom stereocenters. The topological polar surface area (TPSA) is 26.0 Å². The lowest BCUT2D eigenvalue weighted by molar-refractivity contribution is 0.578. The first-order valence-corrected chi connectivity index (χ1v) is 5.66. The highest BCUT2D eigenvalue weighted by Crippen LogP contribution is 2.28. The maximum atomic E-state index is 13.5. The van der Waals surface area contributed by atoms with Crippen LogP contribution < -0.4 is 5.73 Å². The van der Waals surface area contributed by atoms with Gasteiger partial charge in [-0.1, -0.05) is 0 Å². The average molecular weight is 239 g/mol. The lowest BCUT2D eigenvalue weighted by Gasteiger charge is -2.11. The van der Waals surface area contributed by atoms with Crippen LogP contribution in [0.15, 0.2) is 30.3 Å². The van der Waals surface area contributed by atoms with Crippen molar-refractivity contribution in [3.8, 4) is 0 Å². The minimum absolute atomic E-state index is 0.196. The van der Waals surface area contributed by atoms with E-state index in [2.05, 4.69) is 0 Å². The fraction of sp³-hybridized carbons (Fsp3) is 0.167. The molecule has 0 aliphatic rings. The van der Waals surface area contributed by atoms with Crippen LogP contribution in [0.2, 0.25) is 0 Å². The standard InChI is InChI=1S/C12H11F2NS/c1-7-2-5-11(16-7)12(15)9-6-8(13)3-4-10(9)14/h2-6,12H,15H2,1H3. The predicted octanol–water partition coefficient (Wildman–Crippen LogP) is 3.38. The number of benzene rings is 1. The summed E-state index contributed by atoms with van der Waals surface area (Å²) in [5.74, 6) is -0.944. The van der Waals surface area contributed by atoms with Gasteiger partial charge in [0, 0.05) is 15.3 Å². The summed E-state index contributed by atoms with van der Waals surface area (Å²) in [4.78, 5) is 1.93. The maximum Gasteiger partial charge on any atom is 0.128 e. The smallest absolute Gasteiger partial charge is 0.128 e. The van der Waals surface area contributed by atoms with Crippen LogP contribution in [0.1, 0.15) is 21.4 Å². The van der Waals surface area contributed by atoms with Gasteiger partial charge in [0.15, 0.2) is 0 Å². The van der Waals surface area contributed by atoms with Crippen LogP contribution in [0.25, 0.3) is 0 Å². The Balaban J connectivity index is 2.40. The van der Waals surface area contributed by atoms with Crippen molar-refractivity contribution in [1.29, 1.82) is 0 Å². The van der Waals surface area contributed by atoms with E-state index in [0.29, 0.717) is 0 Å². The van der Waals surface area contributed by atoms with E-state index in [9.17, 15) is 8.78 Å². The Morgan fingerprint density at radius 2 is 1.94 bits per heavy atom. The third-order valence-corrected chi connectivity index (χ3v) is 3.44. The van der Waals surface area contributed by atoms with Crippen LogP contribution in [0.3, 0.4) is 0 Å². The summed E-state index contributed by atoms with van der Waals surface area (Å²) in [5, 5.41) is 0. The quantitative estimate of drug-likeness (QED) is 0.854. The van der Waals surface area contributed by atoms with Gasteiger partial charge in [0.25, 0.3) is 0 Å². The molecule has 1 nitrogen and oxygen atoms in total. The fourth-order valence-corrected chi connectivity index (χ4v) is 2.42. The van der Waals surface area contributed by atoms with Crippen LogP contribution in [-0.4, -0.2) is 0 Å². The molecule has 2 N–H and O–H groups in total. The molecule has 0 fully saturated rings. The Bertz CT molecular complexity index is 507. The van der Waals surface area contributed by atoms with Crippen molar-refractivity contribution in [3.63, 3.8) is 0 Å². The first kappa shape index (κ1) is 11.2. The van der Waals surface area contributed by atoms with Crippen LogP contribution >= 0.6 is 11.3 Å². The van der Waals surface area contributed by atoms with E-state index in [4.69, 9.17) is 5.73 Å². The molecule has 4 heteroatoms. The highest BCUT2D eigenvalue weighted by molar-refractivity contribution is 7.12. The number of aryl methyl sites for hydroxylation is 1. The van der Waals surface area contributed by atoms with Gasteiger partial charge < -0.3 is 5.73 Å². The van der Waals surface area contributed by atoms with Gasteiger partial charge in [-0.15, -0.1) is 11.3 Å². The Morgan fingerprint density at radius 3 is 2.56 bits per heavy atom. The van der Waals surface area contributed by atoms with Crippen LogP contribution in [0, 0.1) is 18.6 Å². The molecular formula is C12H11F2NS. The van der Waals surface area contributed by atoms with E-state index < -0.39 is 17.7 Å². The summed E-state index contributed by atoms with van der Waals surface area (Å²) in [6.45, 7) is 1.95. The summed E-state index contributed by atoms with van der Waals surface area (Å²) in [6, 6.07) is 6.49. The Morgan fingerprint density at radius 1 is 1.19 bits per heavy atom. The third-order valence-electron chi connectivity index (χ3n) is 2.36. The predicted molar refractivity (Wildman–Crippen MR) is 61.4 cm³/mol. The maximum absolute atomic E-state index is 13.5. The van der Waals surface area contributed by atoms with Crippen LogP contribution in [-0.2, 0) is 0 Å². The molecule has 1 heterocycles. The van der Waals surface area contributed by atoms with E-state index in [-0.39, 0.29) is 5.56 Å². The van der Waals surface area contributed by atoms with Crippen molar-refractivity contribution in [1.82, 2.24) is 0 Å². The SMILES string of the molecule is Cc1ccc(C(N)c2cc(F)ccc2F)s1. The number of hydrogen-bond donors (Lipinski definition) is 1. The largest absolute Gasteiger partial charge is 0.320 e. The van der Waals surface area contributed by atoms with Crippen LogP contribution in [0.5, 0.6) is 0 Å². The molecule has 1 aromatic carbocycles. The van der Waals surface area contributed by atoms with Gasteiger partial charge in [0.05, 0.1) is 6.04 Å². The van der Waals surface area contributed by atoms with E-state index >= 15 is 0 Å². The molecule has 0 bridgehead atoms. The molecule has 2 rings (SSSR count). The molecule has 0 amide bonds. The van der Waals surface area contributed by atoms with Gasteiger partial charge >= 0.3 is 0 Å². The second-order valence-electron chi connectivity index (χ2n) is 3.59. The summed E-state index contributed by atoms with van der Waals surface area (Å²) >= 11 is 1.49. The first-order chi connectivity index (χ1) is 7.58. The van der Waals surface area contributed by atoms with Gasteiger partial charge in [-0.25, -0.2) is 8.78 Å². The number of rotatable bonds is 2. The molecule has 2 aromatic rings. The Kier molecular flexibility index (Phi) is 3.03. The average Bonchev–Trinajstić information content (AvgIpc) is 2.67. The lowest BCUT2D eigenvalue weighted by atomic mass is 10.1. The second kappa shape index (κ2) is 4.31. The zero-order valence-corrected chi connectivity index (χ0v) is 9.52. The summed E-state index contributed by atoms with van der Waals surface area (Å²) in [5.41, 5.74) is 6.10. The highest BCUT2D eigenvalue weighted by atomic mass is 32.1. The van der Waals surface area contributed by atoms with Gasteiger partial charge in [-0.2, -0.15) is 0 Å². The molecule has 16 heavy (non-hydrogen) atoms. The van der Waals surface area contributed by atoms with Crippen molar-refractivity contribution < 1.29 is 8.78 Å². The number of nitrogens with two attached hydrogens (primary N) is 1. The third kappa shape index (κ3) is 2.13. The van der Waals surface area contributed by atoms with Crippen molar-refractivity contribution in [2.45, 2.75) is 13.0 Å². The monoisotopic (exact) mass is 239 g/mol. The van der Waals surface area contributed by atoms with E-state index in [1.807, 2.05) is 19.1 Å². The summed E-state index contributed by atoms with van der Waals surface area (Å²) in [7, 11) is 0. The summed E-state index contributed by atoms with van der Waals surface area (Å²) < 4.78 is 26.5. The first-order valence-electron chi connectivity index (χ1n) is 4.85. The molecule has 84 valence electrons. The van der Waals surface area contributed by atoms with Crippen molar-refractivity contribution in [2.24, 2.45) is 5.73 Å². The van der Waals surface area contributed by atoms with Crippen LogP contribution in [0.4, 0.5) is 8.78 Å². The zero-order valence-electron chi connectivity index (χ0n) is 8.71. The highest BCUT2D eigenvalue weighted by Gasteiger charge is 2.15. The molecule has 0 saturated carbocycles. The van der Waals surface area contributed by atoms with E-state index in [1.165, 1.54) is 11.3 Å². The van der Waals surface area contributed by atoms with Crippen molar-refractivity contribution >= 4 is 11.3 Å². The zero-order chi connectivity index (χ0) is 11.7. The number of halogens is 2. The molecule has 0 aliphatic carbocycles. The second-order valence-corrected chi connectivity index (χ2v) is 4.91. The van der Waals surface area contributed by atoms with Gasteiger partial charge in [0.2, 0.25) is 0 Å². The Labute approximate surface area is 96.5 Å². The van der Waals surface area contributed by atoms with Crippen molar-refractivity contribution in [3.05, 3.63) is 57.3 Å². The summed E-state index contributed by atoms with van der Waals surface area (Å²) in [6.07, 6.45) is 0. The fourth-order valence-electron chi connectivity index (χ4n) is 1.53. The van der Waals surface area contributed by atoms with Gasteiger partial charge in [0.1, 0.15) is 11.6 Å². The molecule has 1 atom stereocenters. The molecule has 0 radical (unpaired) electrons. The molecular weight excluding hydrogens is 228 g/mol. The number of thiophene rings is 1.